The lowest BCUT2D eigenvalue weighted by Crippen LogP contribution is -2.07. The van der Waals surface area contributed by atoms with Crippen LogP contribution < -0.4 is 5.32 Å². The van der Waals surface area contributed by atoms with E-state index >= 15 is 0 Å². The minimum Gasteiger partial charge on any atom is -0.380 e. The summed E-state index contributed by atoms with van der Waals surface area (Å²) in [5.41, 5.74) is 1.69. The van der Waals surface area contributed by atoms with Crippen LogP contribution in [0.5, 0.6) is 0 Å². The summed E-state index contributed by atoms with van der Waals surface area (Å²) in [4.78, 5) is 11.5. The predicted molar refractivity (Wildman–Crippen MR) is 77.9 cm³/mol. The van der Waals surface area contributed by atoms with E-state index in [-0.39, 0.29) is 11.3 Å². The Kier molecular flexibility index (Phi) is 4.32. The number of anilines is 1. The van der Waals surface area contributed by atoms with E-state index < -0.39 is 5.82 Å². The summed E-state index contributed by atoms with van der Waals surface area (Å²) >= 11 is 3.37. The first-order valence-corrected chi connectivity index (χ1v) is 6.65. The van der Waals surface area contributed by atoms with Crippen LogP contribution >= 0.6 is 15.9 Å². The lowest BCUT2D eigenvalue weighted by Gasteiger charge is -2.11. The Labute approximate surface area is 119 Å². The zero-order valence-electron chi connectivity index (χ0n) is 10.4. The molecule has 0 radical (unpaired) electrons. The molecule has 0 heterocycles. The van der Waals surface area contributed by atoms with Crippen LogP contribution in [0, 0.1) is 5.82 Å². The zero-order valence-corrected chi connectivity index (χ0v) is 12.0. The van der Waals surface area contributed by atoms with Crippen LogP contribution in [0.1, 0.15) is 22.8 Å². The lowest BCUT2D eigenvalue weighted by atomic mass is 10.1. The van der Waals surface area contributed by atoms with Crippen LogP contribution in [-0.4, -0.2) is 5.78 Å². The number of carbonyl (C=O) groups is 1. The van der Waals surface area contributed by atoms with Crippen LogP contribution in [0.4, 0.5) is 10.1 Å². The summed E-state index contributed by atoms with van der Waals surface area (Å²) in [5, 5.41) is 3.10. The van der Waals surface area contributed by atoms with Crippen LogP contribution in [0.3, 0.4) is 0 Å². The molecule has 2 aromatic rings. The summed E-state index contributed by atoms with van der Waals surface area (Å²) in [7, 11) is 0. The summed E-state index contributed by atoms with van der Waals surface area (Å²) in [6, 6.07) is 12.4. The molecule has 19 heavy (non-hydrogen) atoms. The summed E-state index contributed by atoms with van der Waals surface area (Å²) in [5.74, 6) is -0.773. The van der Waals surface area contributed by atoms with Gasteiger partial charge >= 0.3 is 0 Å². The Morgan fingerprint density at radius 3 is 2.53 bits per heavy atom. The number of nitrogens with one attached hydrogen (secondary N) is 1. The van der Waals surface area contributed by atoms with Crippen molar-refractivity contribution in [1.29, 1.82) is 0 Å². The van der Waals surface area contributed by atoms with Crippen molar-refractivity contribution < 1.29 is 9.18 Å². The summed E-state index contributed by atoms with van der Waals surface area (Å²) < 4.78 is 14.6. The molecule has 0 bridgehead atoms. The second kappa shape index (κ2) is 5.97. The van der Waals surface area contributed by atoms with Crippen molar-refractivity contribution in [2.45, 2.75) is 13.5 Å². The van der Waals surface area contributed by atoms with E-state index in [4.69, 9.17) is 0 Å². The molecule has 4 heteroatoms. The fourth-order valence-corrected chi connectivity index (χ4v) is 2.09. The Balaban J connectivity index is 2.18. The fraction of sp³-hybridized carbons (Fsp3) is 0.133. The number of ketones is 1. The number of halogens is 2. The highest BCUT2D eigenvalue weighted by atomic mass is 79.9. The van der Waals surface area contributed by atoms with E-state index in [0.717, 1.165) is 10.0 Å². The molecule has 0 fully saturated rings. The molecule has 0 aliphatic carbocycles. The van der Waals surface area contributed by atoms with Gasteiger partial charge in [0.05, 0.1) is 5.56 Å². The van der Waals surface area contributed by atoms with Gasteiger partial charge in [0.15, 0.2) is 5.78 Å². The number of hydrogen-bond acceptors (Lipinski definition) is 2. The van der Waals surface area contributed by atoms with Gasteiger partial charge in [0.2, 0.25) is 0 Å². The van der Waals surface area contributed by atoms with E-state index in [1.165, 1.54) is 13.0 Å². The van der Waals surface area contributed by atoms with Gasteiger partial charge in [0.1, 0.15) is 5.82 Å². The maximum Gasteiger partial charge on any atom is 0.164 e. The van der Waals surface area contributed by atoms with E-state index in [2.05, 4.69) is 21.2 Å². The largest absolute Gasteiger partial charge is 0.380 e. The standard InChI is InChI=1S/C15H13BrFNO/c1-10(19)15-13(17)3-2-4-14(15)18-9-11-5-7-12(16)8-6-11/h2-8,18H,9H2,1H3. The van der Waals surface area contributed by atoms with Gasteiger partial charge in [0.25, 0.3) is 0 Å². The Morgan fingerprint density at radius 2 is 1.89 bits per heavy atom. The van der Waals surface area contributed by atoms with Gasteiger partial charge in [-0.15, -0.1) is 0 Å². The topological polar surface area (TPSA) is 29.1 Å². The van der Waals surface area contributed by atoms with E-state index in [0.29, 0.717) is 12.2 Å². The SMILES string of the molecule is CC(=O)c1c(F)cccc1NCc1ccc(Br)cc1. The molecule has 0 aliphatic rings. The molecule has 1 N–H and O–H groups in total. The van der Waals surface area contributed by atoms with Crippen molar-refractivity contribution in [1.82, 2.24) is 0 Å². The molecule has 2 rings (SSSR count). The van der Waals surface area contributed by atoms with Crippen molar-refractivity contribution in [3.05, 3.63) is 63.9 Å². The van der Waals surface area contributed by atoms with Crippen LogP contribution in [0.2, 0.25) is 0 Å². The molecular weight excluding hydrogens is 309 g/mol. The van der Waals surface area contributed by atoms with Crippen molar-refractivity contribution in [2.24, 2.45) is 0 Å². The van der Waals surface area contributed by atoms with E-state index in [9.17, 15) is 9.18 Å². The second-order valence-corrected chi connectivity index (χ2v) is 5.11. The first-order valence-electron chi connectivity index (χ1n) is 5.85. The molecule has 98 valence electrons. The van der Waals surface area contributed by atoms with Gasteiger partial charge < -0.3 is 5.32 Å². The average molecular weight is 322 g/mol. The van der Waals surface area contributed by atoms with Crippen LogP contribution in [-0.2, 0) is 6.54 Å². The third kappa shape index (κ3) is 3.41. The summed E-state index contributed by atoms with van der Waals surface area (Å²) in [6.07, 6.45) is 0. The highest BCUT2D eigenvalue weighted by Gasteiger charge is 2.12. The van der Waals surface area contributed by atoms with Crippen molar-refractivity contribution in [2.75, 3.05) is 5.32 Å². The van der Waals surface area contributed by atoms with E-state index in [1.54, 1.807) is 12.1 Å². The lowest BCUT2D eigenvalue weighted by molar-refractivity contribution is 0.101. The van der Waals surface area contributed by atoms with E-state index in [1.807, 2.05) is 24.3 Å². The van der Waals surface area contributed by atoms with Crippen molar-refractivity contribution in [3.63, 3.8) is 0 Å². The molecular formula is C15H13BrFNO. The molecule has 0 unspecified atom stereocenters. The van der Waals surface area contributed by atoms with Gasteiger partial charge in [-0.2, -0.15) is 0 Å². The fourth-order valence-electron chi connectivity index (χ4n) is 1.83. The number of rotatable bonds is 4. The third-order valence-electron chi connectivity index (χ3n) is 2.76. The van der Waals surface area contributed by atoms with Gasteiger partial charge in [-0.3, -0.25) is 4.79 Å². The molecule has 0 saturated heterocycles. The number of Topliss-reactive ketones (excluding diaryl/α,β-unsaturated/α-hetero) is 1. The number of hydrogen-bond donors (Lipinski definition) is 1. The third-order valence-corrected chi connectivity index (χ3v) is 3.29. The normalized spacial score (nSPS) is 10.3. The van der Waals surface area contributed by atoms with Gasteiger partial charge in [0, 0.05) is 16.7 Å². The number of carbonyl (C=O) groups excluding carboxylic acids is 1. The average Bonchev–Trinajstić information content (AvgIpc) is 2.37. The highest BCUT2D eigenvalue weighted by molar-refractivity contribution is 9.10. The Hall–Kier alpha value is -1.68. The minimum absolute atomic E-state index is 0.111. The molecule has 0 spiro atoms. The molecule has 2 aromatic carbocycles. The first-order chi connectivity index (χ1) is 9.08. The quantitative estimate of drug-likeness (QED) is 0.845. The molecule has 0 amide bonds. The van der Waals surface area contributed by atoms with Gasteiger partial charge in [-0.05, 0) is 36.8 Å². The van der Waals surface area contributed by atoms with Crippen LogP contribution in [0.25, 0.3) is 0 Å². The molecule has 2 nitrogen and oxygen atoms in total. The monoisotopic (exact) mass is 321 g/mol. The maximum absolute atomic E-state index is 13.6. The second-order valence-electron chi connectivity index (χ2n) is 4.20. The van der Waals surface area contributed by atoms with Crippen molar-refractivity contribution >= 4 is 27.4 Å². The predicted octanol–water partition coefficient (Wildman–Crippen LogP) is 4.40. The Morgan fingerprint density at radius 1 is 1.21 bits per heavy atom. The summed E-state index contributed by atoms with van der Waals surface area (Å²) in [6.45, 7) is 1.90. The van der Waals surface area contributed by atoms with Gasteiger partial charge in [-0.25, -0.2) is 4.39 Å². The molecule has 0 atom stereocenters. The smallest absolute Gasteiger partial charge is 0.164 e. The zero-order chi connectivity index (χ0) is 13.8. The molecule has 0 aliphatic heterocycles. The van der Waals surface area contributed by atoms with Crippen molar-refractivity contribution in [3.8, 4) is 0 Å². The molecule has 0 aromatic heterocycles. The maximum atomic E-state index is 13.6. The Bertz CT molecular complexity index is 596. The number of benzene rings is 2. The first kappa shape index (κ1) is 13.7. The van der Waals surface area contributed by atoms with Gasteiger partial charge in [-0.1, -0.05) is 34.1 Å². The highest BCUT2D eigenvalue weighted by Crippen LogP contribution is 2.20. The molecule has 0 saturated carbocycles. The van der Waals surface area contributed by atoms with Crippen LogP contribution in [0.15, 0.2) is 46.9 Å². The minimum atomic E-state index is -0.492.